The monoisotopic (exact) mass is 226 g/mol. The summed E-state index contributed by atoms with van der Waals surface area (Å²) >= 11 is 0. The highest BCUT2D eigenvalue weighted by atomic mass is 16.5. The van der Waals surface area contributed by atoms with Crippen molar-refractivity contribution in [1.29, 1.82) is 0 Å². The number of hydrazine groups is 1. The van der Waals surface area contributed by atoms with Crippen LogP contribution in [-0.2, 0) is 18.3 Å². The molecule has 0 unspecified atom stereocenters. The average Bonchev–Trinajstić information content (AvgIpc) is 2.57. The summed E-state index contributed by atoms with van der Waals surface area (Å²) in [5.41, 5.74) is 4.42. The van der Waals surface area contributed by atoms with Crippen molar-refractivity contribution in [3.63, 3.8) is 0 Å². The molecule has 0 saturated carbocycles. The Bertz CT molecular complexity index is 360. The van der Waals surface area contributed by atoms with E-state index in [-0.39, 0.29) is 5.97 Å². The maximum atomic E-state index is 11.6. The van der Waals surface area contributed by atoms with Crippen LogP contribution in [0.5, 0.6) is 0 Å². The summed E-state index contributed by atoms with van der Waals surface area (Å²) in [4.78, 5) is 11.6. The molecule has 1 N–H and O–H groups in total. The van der Waals surface area contributed by atoms with Gasteiger partial charge in [-0.25, -0.2) is 10.2 Å². The topological polar surface area (TPSA) is 59.4 Å². The van der Waals surface area contributed by atoms with E-state index in [4.69, 9.17) is 4.74 Å². The van der Waals surface area contributed by atoms with Crippen LogP contribution in [0.3, 0.4) is 0 Å². The molecule has 6 heteroatoms. The molecular weight excluding hydrogens is 208 g/mol. The van der Waals surface area contributed by atoms with E-state index in [2.05, 4.69) is 10.5 Å². The molecule has 0 amide bonds. The lowest BCUT2D eigenvalue weighted by molar-refractivity contribution is 0.0524. The number of hydrogen-bond acceptors (Lipinski definition) is 5. The highest BCUT2D eigenvalue weighted by Gasteiger charge is 2.16. The Kier molecular flexibility index (Phi) is 4.45. The first kappa shape index (κ1) is 12.7. The average molecular weight is 226 g/mol. The van der Waals surface area contributed by atoms with Crippen LogP contribution in [0.15, 0.2) is 6.20 Å². The first-order valence-electron chi connectivity index (χ1n) is 5.15. The first-order chi connectivity index (χ1) is 7.56. The third-order valence-corrected chi connectivity index (χ3v) is 2.12. The normalized spacial score (nSPS) is 10.8. The van der Waals surface area contributed by atoms with Crippen LogP contribution in [0.25, 0.3) is 0 Å². The van der Waals surface area contributed by atoms with Crippen LogP contribution in [0.4, 0.5) is 0 Å². The molecule has 0 bridgehead atoms. The quantitative estimate of drug-likeness (QED) is 0.572. The Labute approximate surface area is 95.1 Å². The van der Waals surface area contributed by atoms with Crippen molar-refractivity contribution in [3.05, 3.63) is 17.5 Å². The van der Waals surface area contributed by atoms with Gasteiger partial charge in [-0.05, 0) is 6.92 Å². The molecule has 1 heterocycles. The Morgan fingerprint density at radius 1 is 1.62 bits per heavy atom. The summed E-state index contributed by atoms with van der Waals surface area (Å²) < 4.78 is 6.62. The van der Waals surface area contributed by atoms with Crippen LogP contribution in [0.2, 0.25) is 0 Å². The third kappa shape index (κ3) is 3.04. The minimum atomic E-state index is -0.328. The van der Waals surface area contributed by atoms with Gasteiger partial charge in [0.25, 0.3) is 0 Å². The summed E-state index contributed by atoms with van der Waals surface area (Å²) in [6, 6.07) is 0. The molecule has 0 aromatic carbocycles. The molecule has 16 heavy (non-hydrogen) atoms. The van der Waals surface area contributed by atoms with Gasteiger partial charge in [-0.1, -0.05) is 0 Å². The van der Waals surface area contributed by atoms with Gasteiger partial charge in [0.15, 0.2) is 0 Å². The fraction of sp³-hybridized carbons (Fsp3) is 0.600. The van der Waals surface area contributed by atoms with E-state index in [0.29, 0.717) is 18.7 Å². The molecule has 1 rings (SSSR count). The predicted molar refractivity (Wildman–Crippen MR) is 59.7 cm³/mol. The van der Waals surface area contributed by atoms with Crippen LogP contribution in [0.1, 0.15) is 23.0 Å². The second-order valence-electron chi connectivity index (χ2n) is 3.58. The number of nitrogens with zero attached hydrogens (tertiary/aromatic N) is 3. The second-order valence-corrected chi connectivity index (χ2v) is 3.58. The lowest BCUT2D eigenvalue weighted by atomic mass is 10.2. The largest absolute Gasteiger partial charge is 0.462 e. The standard InChI is InChI=1S/C10H18N4O2/c1-5-16-10(15)8-6-12-14(4)9(8)7-11-13(2)3/h6,11H,5,7H2,1-4H3. The van der Waals surface area contributed by atoms with Gasteiger partial charge in [0.05, 0.1) is 25.0 Å². The minimum Gasteiger partial charge on any atom is -0.462 e. The lowest BCUT2D eigenvalue weighted by Gasteiger charge is -2.12. The Balaban J connectivity index is 2.81. The molecule has 0 radical (unpaired) electrons. The summed E-state index contributed by atoms with van der Waals surface area (Å²) in [5.74, 6) is -0.328. The summed E-state index contributed by atoms with van der Waals surface area (Å²) in [5, 5.41) is 5.88. The van der Waals surface area contributed by atoms with Crippen molar-refractivity contribution >= 4 is 5.97 Å². The van der Waals surface area contributed by atoms with Crippen molar-refractivity contribution in [2.45, 2.75) is 13.5 Å². The number of carbonyl (C=O) groups excluding carboxylic acids is 1. The zero-order chi connectivity index (χ0) is 12.1. The summed E-state index contributed by atoms with van der Waals surface area (Å²) in [6.45, 7) is 2.69. The molecule has 0 aliphatic carbocycles. The van der Waals surface area contributed by atoms with E-state index in [1.165, 1.54) is 6.20 Å². The SMILES string of the molecule is CCOC(=O)c1cnn(C)c1CNN(C)C. The van der Waals surface area contributed by atoms with Gasteiger partial charge in [-0.2, -0.15) is 5.10 Å². The maximum Gasteiger partial charge on any atom is 0.341 e. The van der Waals surface area contributed by atoms with Crippen LogP contribution in [-0.4, -0.2) is 41.5 Å². The summed E-state index contributed by atoms with van der Waals surface area (Å²) in [7, 11) is 5.58. The number of rotatable bonds is 5. The summed E-state index contributed by atoms with van der Waals surface area (Å²) in [6.07, 6.45) is 1.53. The Morgan fingerprint density at radius 3 is 2.88 bits per heavy atom. The van der Waals surface area contributed by atoms with Crippen molar-refractivity contribution in [3.8, 4) is 0 Å². The van der Waals surface area contributed by atoms with Gasteiger partial charge >= 0.3 is 5.97 Å². The van der Waals surface area contributed by atoms with Crippen molar-refractivity contribution in [2.24, 2.45) is 7.05 Å². The van der Waals surface area contributed by atoms with Gasteiger partial charge in [-0.15, -0.1) is 0 Å². The molecule has 90 valence electrons. The van der Waals surface area contributed by atoms with E-state index >= 15 is 0 Å². The second kappa shape index (κ2) is 5.62. The Morgan fingerprint density at radius 2 is 2.31 bits per heavy atom. The van der Waals surface area contributed by atoms with E-state index in [0.717, 1.165) is 5.69 Å². The van der Waals surface area contributed by atoms with Gasteiger partial charge in [-0.3, -0.25) is 9.69 Å². The van der Waals surface area contributed by atoms with Crippen molar-refractivity contribution < 1.29 is 9.53 Å². The highest BCUT2D eigenvalue weighted by molar-refractivity contribution is 5.90. The van der Waals surface area contributed by atoms with E-state index in [1.54, 1.807) is 18.7 Å². The number of aryl methyl sites for hydroxylation is 1. The van der Waals surface area contributed by atoms with E-state index in [9.17, 15) is 4.79 Å². The van der Waals surface area contributed by atoms with Crippen LogP contribution in [0, 0.1) is 0 Å². The van der Waals surface area contributed by atoms with E-state index < -0.39 is 0 Å². The third-order valence-electron chi connectivity index (χ3n) is 2.12. The van der Waals surface area contributed by atoms with Gasteiger partial charge in [0, 0.05) is 21.1 Å². The predicted octanol–water partition coefficient (Wildman–Crippen LogP) is 0.163. The smallest absolute Gasteiger partial charge is 0.341 e. The number of ether oxygens (including phenoxy) is 1. The fourth-order valence-corrected chi connectivity index (χ4v) is 1.28. The molecule has 0 aliphatic rings. The maximum absolute atomic E-state index is 11.6. The molecule has 0 fully saturated rings. The molecule has 1 aromatic rings. The first-order valence-corrected chi connectivity index (χ1v) is 5.15. The van der Waals surface area contributed by atoms with Gasteiger partial charge in [0.2, 0.25) is 0 Å². The number of carbonyl (C=O) groups is 1. The highest BCUT2D eigenvalue weighted by Crippen LogP contribution is 2.09. The van der Waals surface area contributed by atoms with Crippen molar-refractivity contribution in [1.82, 2.24) is 20.2 Å². The molecule has 0 saturated heterocycles. The molecular formula is C10H18N4O2. The minimum absolute atomic E-state index is 0.328. The number of aromatic nitrogens is 2. The van der Waals surface area contributed by atoms with Gasteiger partial charge in [0.1, 0.15) is 5.56 Å². The zero-order valence-corrected chi connectivity index (χ0v) is 10.1. The lowest BCUT2D eigenvalue weighted by Crippen LogP contribution is -2.31. The molecule has 1 aromatic heterocycles. The number of hydrogen-bond donors (Lipinski definition) is 1. The van der Waals surface area contributed by atoms with Crippen molar-refractivity contribution in [2.75, 3.05) is 20.7 Å². The molecule has 0 spiro atoms. The van der Waals surface area contributed by atoms with Gasteiger partial charge < -0.3 is 4.74 Å². The molecule has 0 aliphatic heterocycles. The van der Waals surface area contributed by atoms with Crippen LogP contribution < -0.4 is 5.43 Å². The zero-order valence-electron chi connectivity index (χ0n) is 10.1. The van der Waals surface area contributed by atoms with Crippen LogP contribution >= 0.6 is 0 Å². The fourth-order valence-electron chi connectivity index (χ4n) is 1.28. The molecule has 6 nitrogen and oxygen atoms in total. The number of nitrogens with one attached hydrogen (secondary N) is 1. The van der Waals surface area contributed by atoms with E-state index in [1.807, 2.05) is 19.1 Å². The Hall–Kier alpha value is -1.40. The molecule has 0 atom stereocenters. The number of esters is 1.